The Labute approximate surface area is 79.4 Å². The van der Waals surface area contributed by atoms with Gasteiger partial charge in [0.1, 0.15) is 0 Å². The molecule has 0 bridgehead atoms. The minimum absolute atomic E-state index is 0. The lowest BCUT2D eigenvalue weighted by molar-refractivity contribution is 0.369. The van der Waals surface area contributed by atoms with Gasteiger partial charge in [-0.1, -0.05) is 0 Å². The largest absolute Gasteiger partial charge is 0.351 e. The highest BCUT2D eigenvalue weighted by Gasteiger charge is 2.12. The summed E-state index contributed by atoms with van der Waals surface area (Å²) in [4.78, 5) is 0. The lowest BCUT2D eigenvalue weighted by Gasteiger charge is -2.23. The zero-order chi connectivity index (χ0) is 7.52. The van der Waals surface area contributed by atoms with Crippen LogP contribution in [-0.4, -0.2) is 17.7 Å². The van der Waals surface area contributed by atoms with Crippen molar-refractivity contribution in [2.75, 3.05) is 13.1 Å². The standard InChI is InChI=1S/C9H14N2.ClH/c1-2-8-11(7-1)9-3-5-10-6-4-9;/h1-2,7-10H,3-6H2;1H. The zero-order valence-electron chi connectivity index (χ0n) is 7.07. The van der Waals surface area contributed by atoms with Crippen molar-refractivity contribution in [3.63, 3.8) is 0 Å². The van der Waals surface area contributed by atoms with E-state index in [0.29, 0.717) is 0 Å². The van der Waals surface area contributed by atoms with Crippen molar-refractivity contribution < 1.29 is 0 Å². The quantitative estimate of drug-likeness (QED) is 0.708. The van der Waals surface area contributed by atoms with Gasteiger partial charge in [-0.3, -0.25) is 0 Å². The van der Waals surface area contributed by atoms with E-state index in [0.717, 1.165) is 6.04 Å². The molecule has 0 spiro atoms. The van der Waals surface area contributed by atoms with E-state index < -0.39 is 0 Å². The molecule has 2 heterocycles. The fraction of sp³-hybridized carbons (Fsp3) is 0.556. The van der Waals surface area contributed by atoms with Gasteiger partial charge in [0.2, 0.25) is 0 Å². The first-order chi connectivity index (χ1) is 5.47. The highest BCUT2D eigenvalue weighted by Crippen LogP contribution is 2.17. The second-order valence-electron chi connectivity index (χ2n) is 3.11. The Kier molecular flexibility index (Phi) is 3.63. The SMILES string of the molecule is Cl.c1ccn(C2CCNCC2)c1. The van der Waals surface area contributed by atoms with Gasteiger partial charge in [0.05, 0.1) is 0 Å². The molecule has 2 rings (SSSR count). The molecule has 1 N–H and O–H groups in total. The zero-order valence-corrected chi connectivity index (χ0v) is 7.89. The number of rotatable bonds is 1. The molecule has 0 radical (unpaired) electrons. The smallest absolute Gasteiger partial charge is 0.0354 e. The van der Waals surface area contributed by atoms with Crippen LogP contribution in [0.15, 0.2) is 24.5 Å². The number of nitrogens with one attached hydrogen (secondary N) is 1. The van der Waals surface area contributed by atoms with Crippen molar-refractivity contribution >= 4 is 12.4 Å². The maximum Gasteiger partial charge on any atom is 0.0354 e. The van der Waals surface area contributed by atoms with Gasteiger partial charge in [0.25, 0.3) is 0 Å². The van der Waals surface area contributed by atoms with Gasteiger partial charge in [-0.05, 0) is 38.1 Å². The van der Waals surface area contributed by atoms with Crippen molar-refractivity contribution in [1.82, 2.24) is 9.88 Å². The summed E-state index contributed by atoms with van der Waals surface area (Å²) in [6.45, 7) is 2.34. The lowest BCUT2D eigenvalue weighted by atomic mass is 10.1. The number of aromatic nitrogens is 1. The molecule has 0 aromatic carbocycles. The Hall–Kier alpha value is -0.470. The third-order valence-electron chi connectivity index (χ3n) is 2.36. The molecule has 0 unspecified atom stereocenters. The van der Waals surface area contributed by atoms with Gasteiger partial charge in [-0.2, -0.15) is 0 Å². The predicted molar refractivity (Wildman–Crippen MR) is 52.8 cm³/mol. The summed E-state index contributed by atoms with van der Waals surface area (Å²) >= 11 is 0. The first-order valence-corrected chi connectivity index (χ1v) is 4.30. The van der Waals surface area contributed by atoms with Gasteiger partial charge in [0.15, 0.2) is 0 Å². The van der Waals surface area contributed by atoms with E-state index in [1.54, 1.807) is 0 Å². The number of nitrogens with zero attached hydrogens (tertiary/aromatic N) is 1. The van der Waals surface area contributed by atoms with Crippen LogP contribution in [0.4, 0.5) is 0 Å². The molecule has 1 aliphatic heterocycles. The Morgan fingerprint density at radius 3 is 2.25 bits per heavy atom. The second kappa shape index (κ2) is 4.53. The third kappa shape index (κ3) is 2.02. The van der Waals surface area contributed by atoms with Crippen LogP contribution in [0, 0.1) is 0 Å². The molecular formula is C9H15ClN2. The summed E-state index contributed by atoms with van der Waals surface area (Å²) in [6, 6.07) is 4.94. The summed E-state index contributed by atoms with van der Waals surface area (Å²) in [6.07, 6.45) is 6.87. The minimum Gasteiger partial charge on any atom is -0.351 e. The van der Waals surface area contributed by atoms with Gasteiger partial charge in [-0.25, -0.2) is 0 Å². The number of piperidine rings is 1. The second-order valence-corrected chi connectivity index (χ2v) is 3.11. The molecule has 1 aromatic rings. The Bertz CT molecular complexity index is 202. The van der Waals surface area contributed by atoms with Crippen LogP contribution in [-0.2, 0) is 0 Å². The highest BCUT2D eigenvalue weighted by molar-refractivity contribution is 5.85. The molecule has 68 valence electrons. The van der Waals surface area contributed by atoms with Crippen LogP contribution in [0.2, 0.25) is 0 Å². The third-order valence-corrected chi connectivity index (χ3v) is 2.36. The van der Waals surface area contributed by atoms with Crippen LogP contribution >= 0.6 is 12.4 Å². The predicted octanol–water partition coefficient (Wildman–Crippen LogP) is 1.83. The molecule has 0 saturated carbocycles. The van der Waals surface area contributed by atoms with E-state index in [2.05, 4.69) is 34.4 Å². The fourth-order valence-electron chi connectivity index (χ4n) is 1.70. The average molecular weight is 187 g/mol. The molecule has 0 atom stereocenters. The lowest BCUT2D eigenvalue weighted by Crippen LogP contribution is -2.28. The molecule has 0 amide bonds. The molecule has 1 saturated heterocycles. The first-order valence-electron chi connectivity index (χ1n) is 4.30. The molecule has 1 fully saturated rings. The average Bonchev–Trinajstić information content (AvgIpc) is 2.58. The van der Waals surface area contributed by atoms with Crippen LogP contribution < -0.4 is 5.32 Å². The van der Waals surface area contributed by atoms with Crippen molar-refractivity contribution in [1.29, 1.82) is 0 Å². The summed E-state index contributed by atoms with van der Waals surface area (Å²) in [5.41, 5.74) is 0. The van der Waals surface area contributed by atoms with Crippen LogP contribution in [0.3, 0.4) is 0 Å². The molecule has 0 aliphatic carbocycles. The molecule has 1 aliphatic rings. The molecular weight excluding hydrogens is 172 g/mol. The monoisotopic (exact) mass is 186 g/mol. The van der Waals surface area contributed by atoms with E-state index in [1.165, 1.54) is 25.9 Å². The van der Waals surface area contributed by atoms with E-state index in [4.69, 9.17) is 0 Å². The topological polar surface area (TPSA) is 17.0 Å². The van der Waals surface area contributed by atoms with Crippen molar-refractivity contribution in [2.24, 2.45) is 0 Å². The maximum absolute atomic E-state index is 3.36. The van der Waals surface area contributed by atoms with Gasteiger partial charge in [0, 0.05) is 18.4 Å². The molecule has 12 heavy (non-hydrogen) atoms. The van der Waals surface area contributed by atoms with Crippen LogP contribution in [0.5, 0.6) is 0 Å². The van der Waals surface area contributed by atoms with E-state index in [-0.39, 0.29) is 12.4 Å². The van der Waals surface area contributed by atoms with Crippen molar-refractivity contribution in [2.45, 2.75) is 18.9 Å². The van der Waals surface area contributed by atoms with Gasteiger partial charge < -0.3 is 9.88 Å². The normalized spacial score (nSPS) is 18.7. The fourth-order valence-corrected chi connectivity index (χ4v) is 1.70. The Balaban J connectivity index is 0.000000720. The van der Waals surface area contributed by atoms with Crippen LogP contribution in [0.25, 0.3) is 0 Å². The Morgan fingerprint density at radius 1 is 1.08 bits per heavy atom. The number of halogens is 1. The maximum atomic E-state index is 3.36. The number of hydrogen-bond donors (Lipinski definition) is 1. The molecule has 1 aromatic heterocycles. The summed E-state index contributed by atoms with van der Waals surface area (Å²) in [7, 11) is 0. The summed E-state index contributed by atoms with van der Waals surface area (Å²) in [5.74, 6) is 0. The minimum atomic E-state index is 0. The summed E-state index contributed by atoms with van der Waals surface area (Å²) < 4.78 is 2.32. The summed E-state index contributed by atoms with van der Waals surface area (Å²) in [5, 5.41) is 3.36. The number of hydrogen-bond acceptors (Lipinski definition) is 1. The molecule has 3 heteroatoms. The van der Waals surface area contributed by atoms with E-state index in [1.807, 2.05) is 0 Å². The van der Waals surface area contributed by atoms with Crippen molar-refractivity contribution in [3.05, 3.63) is 24.5 Å². The van der Waals surface area contributed by atoms with E-state index in [9.17, 15) is 0 Å². The Morgan fingerprint density at radius 2 is 1.67 bits per heavy atom. The van der Waals surface area contributed by atoms with Gasteiger partial charge in [-0.15, -0.1) is 12.4 Å². The molecule has 2 nitrogen and oxygen atoms in total. The first kappa shape index (κ1) is 9.62. The van der Waals surface area contributed by atoms with Gasteiger partial charge >= 0.3 is 0 Å². The highest BCUT2D eigenvalue weighted by atomic mass is 35.5. The van der Waals surface area contributed by atoms with E-state index >= 15 is 0 Å². The van der Waals surface area contributed by atoms with Crippen molar-refractivity contribution in [3.8, 4) is 0 Å². The van der Waals surface area contributed by atoms with Crippen LogP contribution in [0.1, 0.15) is 18.9 Å².